The number of non-ortho nitro benzene ring substituents is 1. The number of hydrogen-bond acceptors (Lipinski definition) is 5. The van der Waals surface area contributed by atoms with E-state index in [4.69, 9.17) is 16.3 Å². The van der Waals surface area contributed by atoms with E-state index in [1.165, 1.54) is 18.2 Å². The van der Waals surface area contributed by atoms with Crippen molar-refractivity contribution in [2.75, 3.05) is 5.32 Å². The molecular weight excluding hydrogens is 560 g/mol. The summed E-state index contributed by atoms with van der Waals surface area (Å²) in [6, 6.07) is 16.8. The summed E-state index contributed by atoms with van der Waals surface area (Å²) in [7, 11) is 0. The van der Waals surface area contributed by atoms with Gasteiger partial charge in [0, 0.05) is 35.0 Å². The third kappa shape index (κ3) is 8.40. The highest BCUT2D eigenvalue weighted by atomic mass is 79.9. The van der Waals surface area contributed by atoms with Crippen molar-refractivity contribution in [3.05, 3.63) is 97.0 Å². The van der Waals surface area contributed by atoms with E-state index in [1.54, 1.807) is 6.07 Å². The highest BCUT2D eigenvalue weighted by Gasteiger charge is 2.22. The van der Waals surface area contributed by atoms with Gasteiger partial charge >= 0.3 is 5.97 Å². The molecule has 0 fully saturated rings. The summed E-state index contributed by atoms with van der Waals surface area (Å²) in [5, 5.41) is 13.7. The number of halogens is 2. The van der Waals surface area contributed by atoms with Crippen LogP contribution in [0.1, 0.15) is 66.9 Å². The van der Waals surface area contributed by atoms with Crippen LogP contribution in [-0.4, -0.2) is 16.8 Å². The average molecular weight is 588 g/mol. The second-order valence-corrected chi connectivity index (χ2v) is 9.94. The van der Waals surface area contributed by atoms with Gasteiger partial charge in [-0.25, -0.2) is 0 Å². The fourth-order valence-corrected chi connectivity index (χ4v) is 4.56. The zero-order chi connectivity index (χ0) is 26.8. The molecule has 194 valence electrons. The molecule has 9 heteroatoms. The lowest BCUT2D eigenvalue weighted by molar-refractivity contribution is -0.384. The van der Waals surface area contributed by atoms with Crippen LogP contribution >= 0.6 is 27.5 Å². The molecule has 0 unspecified atom stereocenters. The molecule has 0 aromatic heterocycles. The first kappa shape index (κ1) is 28.3. The molecule has 0 aliphatic carbocycles. The summed E-state index contributed by atoms with van der Waals surface area (Å²) in [6.45, 7) is 2.13. The Kier molecular flexibility index (Phi) is 10.7. The van der Waals surface area contributed by atoms with Gasteiger partial charge in [0.25, 0.3) is 11.6 Å². The van der Waals surface area contributed by atoms with Crippen LogP contribution in [0.2, 0.25) is 5.02 Å². The van der Waals surface area contributed by atoms with Crippen LogP contribution in [0.3, 0.4) is 0 Å². The van der Waals surface area contributed by atoms with Crippen LogP contribution in [0.15, 0.2) is 65.1 Å². The van der Waals surface area contributed by atoms with E-state index < -0.39 is 16.8 Å². The summed E-state index contributed by atoms with van der Waals surface area (Å²) in [6.07, 6.45) is 5.64. The van der Waals surface area contributed by atoms with Crippen LogP contribution in [0, 0.1) is 10.1 Å². The number of nitrogens with one attached hydrogen (secondary N) is 1. The quantitative estimate of drug-likeness (QED) is 0.0758. The number of unbranched alkanes of at least 4 members (excludes halogenated alkanes) is 4. The molecule has 3 rings (SSSR count). The molecule has 7 nitrogen and oxygen atoms in total. The van der Waals surface area contributed by atoms with Crippen molar-refractivity contribution < 1.29 is 19.2 Å². The molecule has 0 saturated heterocycles. The standard InChI is InChI=1S/C28H28BrClN2O5/c1-2-3-4-5-9-12-26(33)37-27-20(15-19-10-7-6-8-11-19)16-21(29)17-23(27)28(34)31-25-14-13-22(32(35)36)18-24(25)30/h6-8,10-11,13-14,16-18H,2-5,9,12,15H2,1H3,(H,31,34). The van der Waals surface area contributed by atoms with Gasteiger partial charge in [0.1, 0.15) is 5.75 Å². The Labute approximate surface area is 229 Å². The molecule has 37 heavy (non-hydrogen) atoms. The number of ether oxygens (including phenoxy) is 1. The van der Waals surface area contributed by atoms with E-state index in [2.05, 4.69) is 28.2 Å². The van der Waals surface area contributed by atoms with E-state index in [1.807, 2.05) is 36.4 Å². The summed E-state index contributed by atoms with van der Waals surface area (Å²) >= 11 is 9.64. The minimum Gasteiger partial charge on any atom is -0.425 e. The maximum Gasteiger partial charge on any atom is 0.311 e. The molecule has 1 amide bonds. The van der Waals surface area contributed by atoms with Crippen LogP contribution < -0.4 is 10.1 Å². The Morgan fingerprint density at radius 2 is 1.76 bits per heavy atom. The minimum absolute atomic E-state index is 0.0210. The van der Waals surface area contributed by atoms with Gasteiger partial charge in [-0.2, -0.15) is 0 Å². The molecule has 0 radical (unpaired) electrons. The van der Waals surface area contributed by atoms with Crippen molar-refractivity contribution in [3.8, 4) is 5.75 Å². The number of nitro benzene ring substituents is 1. The SMILES string of the molecule is CCCCCCCC(=O)Oc1c(Cc2ccccc2)cc(Br)cc1C(=O)Nc1ccc([N+](=O)[O-])cc1Cl. The van der Waals surface area contributed by atoms with Crippen molar-refractivity contribution in [2.24, 2.45) is 0 Å². The highest BCUT2D eigenvalue weighted by Crippen LogP contribution is 2.33. The smallest absolute Gasteiger partial charge is 0.311 e. The van der Waals surface area contributed by atoms with Crippen molar-refractivity contribution in [3.63, 3.8) is 0 Å². The largest absolute Gasteiger partial charge is 0.425 e. The van der Waals surface area contributed by atoms with E-state index in [0.717, 1.165) is 31.2 Å². The number of rotatable bonds is 12. The number of anilines is 1. The number of benzene rings is 3. The van der Waals surface area contributed by atoms with Gasteiger partial charge in [0.2, 0.25) is 0 Å². The van der Waals surface area contributed by atoms with E-state index in [0.29, 0.717) is 22.9 Å². The normalized spacial score (nSPS) is 10.7. The van der Waals surface area contributed by atoms with E-state index in [9.17, 15) is 19.7 Å². The second kappa shape index (κ2) is 13.9. The van der Waals surface area contributed by atoms with Gasteiger partial charge in [-0.1, -0.05) is 90.5 Å². The molecule has 0 bridgehead atoms. The minimum atomic E-state index is -0.568. The summed E-state index contributed by atoms with van der Waals surface area (Å²) < 4.78 is 6.44. The maximum absolute atomic E-state index is 13.4. The molecular formula is C28H28BrClN2O5. The molecule has 0 saturated carbocycles. The molecule has 0 aliphatic heterocycles. The van der Waals surface area contributed by atoms with Crippen molar-refractivity contribution in [1.82, 2.24) is 0 Å². The third-order valence-electron chi connectivity index (χ3n) is 5.72. The Hall–Kier alpha value is -3.23. The number of nitrogens with zero attached hydrogens (tertiary/aromatic N) is 1. The summed E-state index contributed by atoms with van der Waals surface area (Å²) in [4.78, 5) is 36.6. The van der Waals surface area contributed by atoms with Gasteiger partial charge in [0.05, 0.1) is 21.2 Å². The Balaban J connectivity index is 1.91. The average Bonchev–Trinajstić information content (AvgIpc) is 2.87. The topological polar surface area (TPSA) is 98.5 Å². The lowest BCUT2D eigenvalue weighted by Crippen LogP contribution is -2.18. The van der Waals surface area contributed by atoms with Crippen molar-refractivity contribution >= 4 is 50.8 Å². The number of amides is 1. The summed E-state index contributed by atoms with van der Waals surface area (Å²) in [5.41, 5.74) is 1.82. The fourth-order valence-electron chi connectivity index (χ4n) is 3.83. The first-order chi connectivity index (χ1) is 17.8. The zero-order valence-electron chi connectivity index (χ0n) is 20.5. The van der Waals surface area contributed by atoms with Crippen LogP contribution in [0.25, 0.3) is 0 Å². The number of esters is 1. The molecule has 3 aromatic rings. The van der Waals surface area contributed by atoms with E-state index in [-0.39, 0.29) is 34.1 Å². The molecule has 0 aliphatic rings. The van der Waals surface area contributed by atoms with Gasteiger partial charge in [0.15, 0.2) is 0 Å². The van der Waals surface area contributed by atoms with E-state index >= 15 is 0 Å². The lowest BCUT2D eigenvalue weighted by atomic mass is 10.0. The Morgan fingerprint density at radius 3 is 2.43 bits per heavy atom. The molecule has 0 heterocycles. The van der Waals surface area contributed by atoms with Crippen molar-refractivity contribution in [2.45, 2.75) is 51.9 Å². The van der Waals surface area contributed by atoms with Gasteiger partial charge in [-0.3, -0.25) is 19.7 Å². The zero-order valence-corrected chi connectivity index (χ0v) is 22.8. The maximum atomic E-state index is 13.4. The number of nitro groups is 1. The van der Waals surface area contributed by atoms with Crippen LogP contribution in [0.4, 0.5) is 11.4 Å². The first-order valence-electron chi connectivity index (χ1n) is 12.1. The Morgan fingerprint density at radius 1 is 1.03 bits per heavy atom. The summed E-state index contributed by atoms with van der Waals surface area (Å²) in [5.74, 6) is -0.784. The predicted molar refractivity (Wildman–Crippen MR) is 148 cm³/mol. The third-order valence-corrected chi connectivity index (χ3v) is 6.50. The molecule has 0 atom stereocenters. The van der Waals surface area contributed by atoms with Crippen molar-refractivity contribution in [1.29, 1.82) is 0 Å². The lowest BCUT2D eigenvalue weighted by Gasteiger charge is -2.16. The first-order valence-corrected chi connectivity index (χ1v) is 13.3. The predicted octanol–water partition coefficient (Wildman–Crippen LogP) is 8.12. The molecule has 1 N–H and O–H groups in total. The van der Waals surface area contributed by atoms with Gasteiger partial charge in [-0.05, 0) is 30.2 Å². The van der Waals surface area contributed by atoms with Crippen LogP contribution in [-0.2, 0) is 11.2 Å². The van der Waals surface area contributed by atoms with Gasteiger partial charge < -0.3 is 10.1 Å². The number of carbonyl (C=O) groups excluding carboxylic acids is 2. The number of carbonyl (C=O) groups is 2. The fraction of sp³-hybridized carbons (Fsp3) is 0.286. The van der Waals surface area contributed by atoms with Gasteiger partial charge in [-0.15, -0.1) is 0 Å². The molecule has 3 aromatic carbocycles. The van der Waals surface area contributed by atoms with Crippen LogP contribution in [0.5, 0.6) is 5.75 Å². The number of hydrogen-bond donors (Lipinski definition) is 1. The highest BCUT2D eigenvalue weighted by molar-refractivity contribution is 9.10. The Bertz CT molecular complexity index is 1270. The second-order valence-electron chi connectivity index (χ2n) is 8.62. The monoisotopic (exact) mass is 586 g/mol. The molecule has 0 spiro atoms.